The predicted octanol–water partition coefficient (Wildman–Crippen LogP) is 2.89. The second kappa shape index (κ2) is 8.13. The van der Waals surface area contributed by atoms with Gasteiger partial charge < -0.3 is 9.64 Å². The highest BCUT2D eigenvalue weighted by atomic mass is 16.5. The third kappa shape index (κ3) is 4.38. The number of ketones is 1. The smallest absolute Gasteiger partial charge is 0.142 e. The lowest BCUT2D eigenvalue weighted by molar-refractivity contribution is -0.127. The molecule has 162 valence electrons. The van der Waals surface area contributed by atoms with Crippen LogP contribution in [0.4, 0.5) is 0 Å². The molecule has 2 saturated heterocycles. The Morgan fingerprint density at radius 2 is 1.97 bits per heavy atom. The summed E-state index contributed by atoms with van der Waals surface area (Å²) in [7, 11) is 1.91. The Balaban J connectivity index is 1.23. The van der Waals surface area contributed by atoms with E-state index >= 15 is 0 Å². The van der Waals surface area contributed by atoms with Crippen molar-refractivity contribution in [1.82, 2.24) is 24.9 Å². The zero-order valence-electron chi connectivity index (χ0n) is 18.3. The fourth-order valence-corrected chi connectivity index (χ4v) is 4.74. The number of nitrogens with zero attached hydrogens (tertiary/aromatic N) is 5. The molecular formula is C24H29N5O2. The van der Waals surface area contributed by atoms with Crippen LogP contribution >= 0.6 is 0 Å². The van der Waals surface area contributed by atoms with Crippen molar-refractivity contribution in [3.05, 3.63) is 42.4 Å². The summed E-state index contributed by atoms with van der Waals surface area (Å²) in [6.45, 7) is 7.05. The van der Waals surface area contributed by atoms with Crippen molar-refractivity contribution >= 4 is 16.7 Å². The summed E-state index contributed by atoms with van der Waals surface area (Å²) in [4.78, 5) is 15.4. The van der Waals surface area contributed by atoms with E-state index in [1.165, 1.54) is 0 Å². The minimum Gasteiger partial charge on any atom is -0.380 e. The van der Waals surface area contributed by atoms with E-state index in [1.54, 1.807) is 4.68 Å². The van der Waals surface area contributed by atoms with Crippen LogP contribution in [-0.4, -0.2) is 63.5 Å². The number of piperidine rings is 1. The van der Waals surface area contributed by atoms with Crippen molar-refractivity contribution in [3.8, 4) is 11.1 Å². The van der Waals surface area contributed by atoms with Crippen LogP contribution in [0.1, 0.15) is 25.5 Å². The van der Waals surface area contributed by atoms with Gasteiger partial charge in [0.15, 0.2) is 0 Å². The lowest BCUT2D eigenvalue weighted by atomic mass is 9.85. The Labute approximate surface area is 182 Å². The van der Waals surface area contributed by atoms with Gasteiger partial charge in [0.25, 0.3) is 0 Å². The molecule has 0 N–H and O–H groups in total. The van der Waals surface area contributed by atoms with Gasteiger partial charge in [0, 0.05) is 42.1 Å². The summed E-state index contributed by atoms with van der Waals surface area (Å²) >= 11 is 0. The third-order valence-corrected chi connectivity index (χ3v) is 6.58. The van der Waals surface area contributed by atoms with Gasteiger partial charge in [0.2, 0.25) is 0 Å². The quantitative estimate of drug-likeness (QED) is 0.612. The number of Topliss-reactive ketones (excluding diaryl/α,β-unsaturated/α-hetero) is 1. The number of hydrogen-bond donors (Lipinski definition) is 0. The molecular weight excluding hydrogens is 390 g/mol. The molecule has 0 saturated carbocycles. The average molecular weight is 420 g/mol. The molecule has 3 aromatic rings. The van der Waals surface area contributed by atoms with E-state index in [4.69, 9.17) is 4.74 Å². The lowest BCUT2D eigenvalue weighted by Crippen LogP contribution is -2.50. The SMILES string of the molecule is Cn1cc(-c2ccc3nnc(CC(=O)C4CCN(CC5(C)COC5)CC4)cc3c2)cn1. The summed E-state index contributed by atoms with van der Waals surface area (Å²) in [5, 5.41) is 13.9. The topological polar surface area (TPSA) is 73.1 Å². The Morgan fingerprint density at radius 1 is 1.16 bits per heavy atom. The highest BCUT2D eigenvalue weighted by molar-refractivity contribution is 5.86. The summed E-state index contributed by atoms with van der Waals surface area (Å²) < 4.78 is 7.16. The first-order valence-electron chi connectivity index (χ1n) is 11.1. The lowest BCUT2D eigenvalue weighted by Gasteiger charge is -2.43. The number of hydrogen-bond acceptors (Lipinski definition) is 6. The number of benzene rings is 1. The zero-order valence-corrected chi connectivity index (χ0v) is 18.3. The van der Waals surface area contributed by atoms with E-state index in [0.29, 0.717) is 11.8 Å². The Kier molecular flexibility index (Phi) is 5.32. The predicted molar refractivity (Wildman–Crippen MR) is 119 cm³/mol. The van der Waals surface area contributed by atoms with Crippen LogP contribution in [0.5, 0.6) is 0 Å². The molecule has 4 heterocycles. The minimum absolute atomic E-state index is 0.126. The van der Waals surface area contributed by atoms with Crippen LogP contribution in [0.2, 0.25) is 0 Å². The first-order valence-corrected chi connectivity index (χ1v) is 11.1. The first kappa shape index (κ1) is 20.3. The van der Waals surface area contributed by atoms with Gasteiger partial charge in [-0.3, -0.25) is 9.48 Å². The van der Waals surface area contributed by atoms with Crippen molar-refractivity contribution in [2.24, 2.45) is 18.4 Å². The molecule has 2 aromatic heterocycles. The van der Waals surface area contributed by atoms with Crippen molar-refractivity contribution in [2.45, 2.75) is 26.2 Å². The molecule has 7 heteroatoms. The molecule has 0 amide bonds. The van der Waals surface area contributed by atoms with Gasteiger partial charge >= 0.3 is 0 Å². The number of fused-ring (bicyclic) bond motifs is 1. The van der Waals surface area contributed by atoms with Gasteiger partial charge in [-0.2, -0.15) is 15.3 Å². The van der Waals surface area contributed by atoms with E-state index in [2.05, 4.69) is 33.2 Å². The molecule has 0 bridgehead atoms. The molecule has 2 aliphatic heterocycles. The van der Waals surface area contributed by atoms with E-state index in [0.717, 1.165) is 73.4 Å². The third-order valence-electron chi connectivity index (χ3n) is 6.58. The molecule has 0 radical (unpaired) electrons. The number of likely N-dealkylation sites (tertiary alicyclic amines) is 1. The number of carbonyl (C=O) groups is 1. The van der Waals surface area contributed by atoms with Crippen LogP contribution in [0, 0.1) is 11.3 Å². The summed E-state index contributed by atoms with van der Waals surface area (Å²) in [5.74, 6) is 0.413. The maximum atomic E-state index is 12.9. The summed E-state index contributed by atoms with van der Waals surface area (Å²) in [6, 6.07) is 8.10. The van der Waals surface area contributed by atoms with Gasteiger partial charge in [0.1, 0.15) is 5.78 Å². The maximum Gasteiger partial charge on any atom is 0.142 e. The number of rotatable bonds is 6. The minimum atomic E-state index is 0.126. The van der Waals surface area contributed by atoms with Crippen molar-refractivity contribution in [3.63, 3.8) is 0 Å². The largest absolute Gasteiger partial charge is 0.380 e. The Morgan fingerprint density at radius 3 is 2.65 bits per heavy atom. The van der Waals surface area contributed by atoms with E-state index in [-0.39, 0.29) is 11.7 Å². The van der Waals surface area contributed by atoms with Crippen LogP contribution in [0.15, 0.2) is 36.7 Å². The monoisotopic (exact) mass is 419 g/mol. The fraction of sp³-hybridized carbons (Fsp3) is 0.500. The number of aryl methyl sites for hydroxylation is 1. The van der Waals surface area contributed by atoms with Crippen molar-refractivity contribution in [1.29, 1.82) is 0 Å². The molecule has 5 rings (SSSR count). The van der Waals surface area contributed by atoms with Crippen molar-refractivity contribution < 1.29 is 9.53 Å². The van der Waals surface area contributed by atoms with Crippen LogP contribution in [-0.2, 0) is 23.0 Å². The molecule has 31 heavy (non-hydrogen) atoms. The van der Waals surface area contributed by atoms with Gasteiger partial charge in [-0.1, -0.05) is 13.0 Å². The zero-order chi connectivity index (χ0) is 21.4. The molecule has 7 nitrogen and oxygen atoms in total. The van der Waals surface area contributed by atoms with Crippen LogP contribution in [0.25, 0.3) is 22.0 Å². The van der Waals surface area contributed by atoms with E-state index in [9.17, 15) is 4.79 Å². The molecule has 0 spiro atoms. The standard InChI is InChI=1S/C24H29N5O2/c1-24(15-31-16-24)14-29-7-5-17(6-8-29)23(30)11-21-10-19-9-18(3-4-22(19)27-26-21)20-12-25-28(2)13-20/h3-4,9-10,12-13,17H,5-8,11,14-16H2,1-2H3. The molecule has 0 aliphatic carbocycles. The van der Waals surface area contributed by atoms with Crippen LogP contribution < -0.4 is 0 Å². The second-order valence-corrected chi connectivity index (χ2v) is 9.51. The van der Waals surface area contributed by atoms with E-state index in [1.807, 2.05) is 37.6 Å². The summed E-state index contributed by atoms with van der Waals surface area (Å²) in [6.07, 6.45) is 6.07. The normalized spacial score (nSPS) is 19.4. The highest BCUT2D eigenvalue weighted by Gasteiger charge is 2.36. The number of ether oxygens (including phenoxy) is 1. The number of aromatic nitrogens is 4. The summed E-state index contributed by atoms with van der Waals surface area (Å²) in [5.41, 5.74) is 4.04. The van der Waals surface area contributed by atoms with Crippen LogP contribution in [0.3, 0.4) is 0 Å². The fourth-order valence-electron chi connectivity index (χ4n) is 4.74. The molecule has 0 atom stereocenters. The maximum absolute atomic E-state index is 12.9. The van der Waals surface area contributed by atoms with Gasteiger partial charge in [-0.15, -0.1) is 0 Å². The molecule has 2 fully saturated rings. The Bertz CT molecular complexity index is 1100. The van der Waals surface area contributed by atoms with Gasteiger partial charge in [-0.05, 0) is 49.7 Å². The van der Waals surface area contributed by atoms with Crippen molar-refractivity contribution in [2.75, 3.05) is 32.8 Å². The van der Waals surface area contributed by atoms with Gasteiger partial charge in [-0.25, -0.2) is 0 Å². The average Bonchev–Trinajstić information content (AvgIpc) is 3.19. The number of carbonyl (C=O) groups excluding carboxylic acids is 1. The second-order valence-electron chi connectivity index (χ2n) is 9.51. The first-order chi connectivity index (χ1) is 15.0. The van der Waals surface area contributed by atoms with Gasteiger partial charge in [0.05, 0.1) is 37.0 Å². The highest BCUT2D eigenvalue weighted by Crippen LogP contribution is 2.30. The molecule has 0 unspecified atom stereocenters. The van der Waals surface area contributed by atoms with E-state index < -0.39 is 0 Å². The molecule has 1 aromatic carbocycles. The Hall–Kier alpha value is -2.64. The molecule has 2 aliphatic rings.